The summed E-state index contributed by atoms with van der Waals surface area (Å²) in [6.07, 6.45) is 2.72. The average Bonchev–Trinajstić information content (AvgIpc) is 3.17. The Morgan fingerprint density at radius 2 is 2.20 bits per heavy atom. The Morgan fingerprint density at radius 3 is 2.92 bits per heavy atom. The zero-order chi connectivity index (χ0) is 17.8. The molecule has 25 heavy (non-hydrogen) atoms. The normalized spacial score (nSPS) is 16.2. The number of rotatable bonds is 7. The zero-order valence-corrected chi connectivity index (χ0v) is 14.9. The van der Waals surface area contributed by atoms with Gasteiger partial charge >= 0.3 is 0 Å². The molecule has 3 rings (SSSR count). The van der Waals surface area contributed by atoms with Crippen molar-refractivity contribution in [2.45, 2.75) is 39.2 Å². The first-order chi connectivity index (χ1) is 12.1. The van der Waals surface area contributed by atoms with E-state index in [1.165, 1.54) is 11.1 Å². The average molecular weight is 342 g/mol. The Morgan fingerprint density at radius 1 is 1.40 bits per heavy atom. The summed E-state index contributed by atoms with van der Waals surface area (Å²) >= 11 is 0. The van der Waals surface area contributed by atoms with Crippen LogP contribution in [0.4, 0.5) is 5.69 Å². The molecule has 1 heterocycles. The number of hydrogen-bond acceptors (Lipinski definition) is 4. The number of H-pyrrole nitrogens is 1. The highest BCUT2D eigenvalue weighted by atomic mass is 16.3. The molecule has 6 nitrogen and oxygen atoms in total. The minimum Gasteiger partial charge on any atom is -0.396 e. The van der Waals surface area contributed by atoms with Gasteiger partial charge in [0.05, 0.1) is 23.6 Å². The van der Waals surface area contributed by atoms with E-state index in [-0.39, 0.29) is 18.6 Å². The van der Waals surface area contributed by atoms with Gasteiger partial charge in [0, 0.05) is 19.2 Å². The van der Waals surface area contributed by atoms with Gasteiger partial charge in [-0.1, -0.05) is 24.3 Å². The van der Waals surface area contributed by atoms with Gasteiger partial charge in [-0.2, -0.15) is 5.10 Å². The molecule has 2 aromatic rings. The van der Waals surface area contributed by atoms with Gasteiger partial charge in [-0.05, 0) is 44.2 Å². The van der Waals surface area contributed by atoms with Crippen molar-refractivity contribution in [2.75, 3.05) is 25.0 Å². The summed E-state index contributed by atoms with van der Waals surface area (Å²) in [5.74, 6) is -0.0464. The number of benzene rings is 1. The highest BCUT2D eigenvalue weighted by Gasteiger charge is 2.28. The number of aliphatic hydroxyl groups excluding tert-OH is 1. The second-order valence-corrected chi connectivity index (χ2v) is 6.66. The maximum absolute atomic E-state index is 12.6. The SMILES string of the molecule is Cc1n[nH]c(C)c1NC(=O)CN(CCCO)C1CCc2ccccc21. The zero-order valence-electron chi connectivity index (χ0n) is 14.9. The quantitative estimate of drug-likeness (QED) is 0.721. The van der Waals surface area contributed by atoms with Crippen LogP contribution in [0.15, 0.2) is 24.3 Å². The van der Waals surface area contributed by atoms with Gasteiger partial charge in [-0.25, -0.2) is 0 Å². The molecule has 0 fully saturated rings. The molecule has 0 radical (unpaired) electrons. The fourth-order valence-corrected chi connectivity index (χ4v) is 3.63. The summed E-state index contributed by atoms with van der Waals surface area (Å²) < 4.78 is 0. The van der Waals surface area contributed by atoms with E-state index in [1.807, 2.05) is 13.8 Å². The van der Waals surface area contributed by atoms with E-state index in [9.17, 15) is 9.90 Å². The predicted molar refractivity (Wildman–Crippen MR) is 97.5 cm³/mol. The molecule has 0 aliphatic heterocycles. The van der Waals surface area contributed by atoms with Crippen LogP contribution < -0.4 is 5.32 Å². The Hall–Kier alpha value is -2.18. The Balaban J connectivity index is 1.72. The highest BCUT2D eigenvalue weighted by molar-refractivity contribution is 5.93. The van der Waals surface area contributed by atoms with Crippen LogP contribution in [-0.4, -0.2) is 45.8 Å². The van der Waals surface area contributed by atoms with Crippen molar-refractivity contribution < 1.29 is 9.90 Å². The van der Waals surface area contributed by atoms with Crippen molar-refractivity contribution in [2.24, 2.45) is 0 Å². The van der Waals surface area contributed by atoms with Crippen molar-refractivity contribution >= 4 is 11.6 Å². The molecule has 1 aliphatic carbocycles. The lowest BCUT2D eigenvalue weighted by Crippen LogP contribution is -2.36. The van der Waals surface area contributed by atoms with Gasteiger partial charge in [0.2, 0.25) is 5.91 Å². The third-order valence-electron chi connectivity index (χ3n) is 4.88. The van der Waals surface area contributed by atoms with Crippen LogP contribution in [0.25, 0.3) is 0 Å². The minimum absolute atomic E-state index is 0.0464. The molecule has 1 aromatic heterocycles. The maximum Gasteiger partial charge on any atom is 0.238 e. The number of aryl methyl sites for hydroxylation is 3. The number of anilines is 1. The molecule has 1 amide bonds. The van der Waals surface area contributed by atoms with Crippen molar-refractivity contribution in [1.82, 2.24) is 15.1 Å². The molecule has 0 bridgehead atoms. The van der Waals surface area contributed by atoms with E-state index in [1.54, 1.807) is 0 Å². The van der Waals surface area contributed by atoms with E-state index in [4.69, 9.17) is 0 Å². The molecule has 0 spiro atoms. The van der Waals surface area contributed by atoms with Crippen molar-refractivity contribution in [1.29, 1.82) is 0 Å². The van der Waals surface area contributed by atoms with Crippen LogP contribution in [0, 0.1) is 13.8 Å². The summed E-state index contributed by atoms with van der Waals surface area (Å²) in [6, 6.07) is 8.68. The van der Waals surface area contributed by atoms with Crippen molar-refractivity contribution in [3.05, 3.63) is 46.8 Å². The van der Waals surface area contributed by atoms with Crippen LogP contribution in [-0.2, 0) is 11.2 Å². The number of nitrogens with one attached hydrogen (secondary N) is 2. The largest absolute Gasteiger partial charge is 0.396 e. The van der Waals surface area contributed by atoms with Gasteiger partial charge < -0.3 is 10.4 Å². The number of aromatic nitrogens is 2. The van der Waals surface area contributed by atoms with Crippen LogP contribution in [0.3, 0.4) is 0 Å². The molecule has 0 saturated carbocycles. The number of carbonyl (C=O) groups is 1. The molecule has 134 valence electrons. The minimum atomic E-state index is -0.0464. The van der Waals surface area contributed by atoms with Gasteiger partial charge in [-0.15, -0.1) is 0 Å². The van der Waals surface area contributed by atoms with E-state index in [0.717, 1.165) is 29.9 Å². The molecule has 0 saturated heterocycles. The third-order valence-corrected chi connectivity index (χ3v) is 4.88. The summed E-state index contributed by atoms with van der Waals surface area (Å²) in [7, 11) is 0. The number of hydrogen-bond donors (Lipinski definition) is 3. The number of aromatic amines is 1. The molecular weight excluding hydrogens is 316 g/mol. The second kappa shape index (κ2) is 7.80. The Labute approximate surface area is 148 Å². The van der Waals surface area contributed by atoms with E-state index in [0.29, 0.717) is 19.5 Å². The first-order valence-corrected chi connectivity index (χ1v) is 8.84. The standard InChI is InChI=1S/C19H26N4O2/c1-13-19(14(2)22-21-13)20-18(25)12-23(10-5-11-24)17-9-8-15-6-3-4-7-16(15)17/h3-4,6-7,17,24H,5,8-12H2,1-2H3,(H,20,25)(H,21,22). The van der Waals surface area contributed by atoms with Crippen LogP contribution in [0.2, 0.25) is 0 Å². The summed E-state index contributed by atoms with van der Waals surface area (Å²) in [5, 5.41) is 19.2. The van der Waals surface area contributed by atoms with E-state index in [2.05, 4.69) is 44.7 Å². The molecule has 1 unspecified atom stereocenters. The third kappa shape index (κ3) is 3.91. The number of amides is 1. The van der Waals surface area contributed by atoms with Crippen LogP contribution in [0.1, 0.15) is 41.4 Å². The molecule has 1 aliphatic rings. The van der Waals surface area contributed by atoms with Crippen molar-refractivity contribution in [3.8, 4) is 0 Å². The Bertz CT molecular complexity index is 721. The van der Waals surface area contributed by atoms with Gasteiger partial charge in [0.25, 0.3) is 0 Å². The topological polar surface area (TPSA) is 81.2 Å². The lowest BCUT2D eigenvalue weighted by Gasteiger charge is -2.29. The molecular formula is C19H26N4O2. The summed E-state index contributed by atoms with van der Waals surface area (Å²) in [6.45, 7) is 4.91. The number of fused-ring (bicyclic) bond motifs is 1. The molecule has 1 aromatic carbocycles. The smallest absolute Gasteiger partial charge is 0.238 e. The van der Waals surface area contributed by atoms with E-state index < -0.39 is 0 Å². The summed E-state index contributed by atoms with van der Waals surface area (Å²) in [4.78, 5) is 14.8. The van der Waals surface area contributed by atoms with Gasteiger partial charge in [0.1, 0.15) is 0 Å². The highest BCUT2D eigenvalue weighted by Crippen LogP contribution is 2.35. The first kappa shape index (κ1) is 17.6. The lowest BCUT2D eigenvalue weighted by molar-refractivity contribution is -0.118. The monoisotopic (exact) mass is 342 g/mol. The second-order valence-electron chi connectivity index (χ2n) is 6.66. The number of nitrogens with zero attached hydrogens (tertiary/aromatic N) is 2. The number of aliphatic hydroxyl groups is 1. The molecule has 1 atom stereocenters. The molecule has 6 heteroatoms. The van der Waals surface area contributed by atoms with E-state index >= 15 is 0 Å². The molecule has 3 N–H and O–H groups in total. The van der Waals surface area contributed by atoms with Gasteiger partial charge in [-0.3, -0.25) is 14.8 Å². The fraction of sp³-hybridized carbons (Fsp3) is 0.474. The van der Waals surface area contributed by atoms with Crippen LogP contribution >= 0.6 is 0 Å². The fourth-order valence-electron chi connectivity index (χ4n) is 3.63. The first-order valence-electron chi connectivity index (χ1n) is 8.84. The maximum atomic E-state index is 12.6. The Kier molecular flexibility index (Phi) is 5.50. The van der Waals surface area contributed by atoms with Crippen molar-refractivity contribution in [3.63, 3.8) is 0 Å². The number of carbonyl (C=O) groups excluding carboxylic acids is 1. The van der Waals surface area contributed by atoms with Crippen LogP contribution in [0.5, 0.6) is 0 Å². The summed E-state index contributed by atoms with van der Waals surface area (Å²) in [5.41, 5.74) is 5.09. The lowest BCUT2D eigenvalue weighted by atomic mass is 10.1. The predicted octanol–water partition coefficient (Wildman–Crippen LogP) is 2.34. The van der Waals surface area contributed by atoms with Gasteiger partial charge in [0.15, 0.2) is 0 Å².